The van der Waals surface area contributed by atoms with Gasteiger partial charge >= 0.3 is 0 Å². The average molecular weight is 208 g/mol. The molecule has 84 valence electrons. The van der Waals surface area contributed by atoms with Crippen LogP contribution in [-0.4, -0.2) is 11.9 Å². The fraction of sp³-hybridized carbons (Fsp3) is 0.917. The molecule has 4 bridgehead atoms. The third-order valence-corrected chi connectivity index (χ3v) is 5.05. The Morgan fingerprint density at radius 2 is 1.47 bits per heavy atom. The van der Waals surface area contributed by atoms with E-state index in [2.05, 4.69) is 0 Å². The number of nitrogens with two attached hydrogens (primary N) is 2. The van der Waals surface area contributed by atoms with Gasteiger partial charge in [0.25, 0.3) is 0 Å². The van der Waals surface area contributed by atoms with Gasteiger partial charge in [0.1, 0.15) is 0 Å². The van der Waals surface area contributed by atoms with E-state index in [1.54, 1.807) is 0 Å². The second kappa shape index (κ2) is 2.97. The molecule has 0 heterocycles. The predicted molar refractivity (Wildman–Crippen MR) is 57.8 cm³/mol. The zero-order chi connectivity index (χ0) is 10.6. The molecular weight excluding hydrogens is 188 g/mol. The SMILES string of the molecule is NC(=O)C(N)C12CC3CC(CC(C3)C1)C2. The maximum Gasteiger partial charge on any atom is 0.234 e. The molecule has 4 fully saturated rings. The van der Waals surface area contributed by atoms with Gasteiger partial charge in [0.15, 0.2) is 0 Å². The predicted octanol–water partition coefficient (Wildman–Crippen LogP) is 1.02. The van der Waals surface area contributed by atoms with Crippen molar-refractivity contribution in [1.29, 1.82) is 0 Å². The molecule has 1 amide bonds. The summed E-state index contributed by atoms with van der Waals surface area (Å²) in [6.45, 7) is 0. The average Bonchev–Trinajstić information content (AvgIpc) is 2.14. The van der Waals surface area contributed by atoms with Crippen LogP contribution in [0.15, 0.2) is 0 Å². The third kappa shape index (κ3) is 1.32. The van der Waals surface area contributed by atoms with Gasteiger partial charge < -0.3 is 11.5 Å². The van der Waals surface area contributed by atoms with Crippen LogP contribution in [0.2, 0.25) is 0 Å². The Kier molecular flexibility index (Phi) is 1.91. The first kappa shape index (κ1) is 9.64. The lowest BCUT2D eigenvalue weighted by Crippen LogP contribution is -2.58. The molecule has 0 aromatic heterocycles. The summed E-state index contributed by atoms with van der Waals surface area (Å²) in [5.74, 6) is 2.21. The second-order valence-electron chi connectivity index (χ2n) is 6.16. The number of rotatable bonds is 2. The monoisotopic (exact) mass is 208 g/mol. The zero-order valence-electron chi connectivity index (χ0n) is 9.11. The first-order valence-corrected chi connectivity index (χ1v) is 6.14. The van der Waals surface area contributed by atoms with E-state index in [9.17, 15) is 4.79 Å². The number of hydrogen-bond donors (Lipinski definition) is 2. The lowest BCUT2D eigenvalue weighted by Gasteiger charge is -2.58. The first-order chi connectivity index (χ1) is 7.09. The molecule has 0 aliphatic heterocycles. The molecule has 0 radical (unpaired) electrons. The molecular formula is C12H20N2O. The van der Waals surface area contributed by atoms with Gasteiger partial charge in [-0.25, -0.2) is 0 Å². The Morgan fingerprint density at radius 3 is 1.80 bits per heavy atom. The summed E-state index contributed by atoms with van der Waals surface area (Å²) in [7, 11) is 0. The maximum atomic E-state index is 11.3. The van der Waals surface area contributed by atoms with Crippen LogP contribution in [0, 0.1) is 23.2 Å². The van der Waals surface area contributed by atoms with E-state index in [-0.39, 0.29) is 11.3 Å². The normalized spacial score (nSPS) is 49.3. The molecule has 4 aliphatic rings. The van der Waals surface area contributed by atoms with Crippen molar-refractivity contribution in [3.8, 4) is 0 Å². The zero-order valence-corrected chi connectivity index (χ0v) is 9.11. The van der Waals surface area contributed by atoms with Crippen molar-refractivity contribution < 1.29 is 4.79 Å². The lowest BCUT2D eigenvalue weighted by atomic mass is 9.47. The van der Waals surface area contributed by atoms with E-state index in [0.717, 1.165) is 37.0 Å². The topological polar surface area (TPSA) is 69.1 Å². The van der Waals surface area contributed by atoms with Crippen molar-refractivity contribution in [3.63, 3.8) is 0 Å². The summed E-state index contributed by atoms with van der Waals surface area (Å²) >= 11 is 0. The summed E-state index contributed by atoms with van der Waals surface area (Å²) in [5.41, 5.74) is 11.5. The van der Waals surface area contributed by atoms with E-state index in [4.69, 9.17) is 11.5 Å². The molecule has 1 atom stereocenters. The van der Waals surface area contributed by atoms with Crippen LogP contribution in [0.5, 0.6) is 0 Å². The number of carbonyl (C=O) groups is 1. The molecule has 1 unspecified atom stereocenters. The van der Waals surface area contributed by atoms with Crippen molar-refractivity contribution in [3.05, 3.63) is 0 Å². The van der Waals surface area contributed by atoms with Gasteiger partial charge in [-0.05, 0) is 61.7 Å². The number of carbonyl (C=O) groups excluding carboxylic acids is 1. The van der Waals surface area contributed by atoms with E-state index >= 15 is 0 Å². The molecule has 4 aliphatic carbocycles. The van der Waals surface area contributed by atoms with E-state index in [1.807, 2.05) is 0 Å². The smallest absolute Gasteiger partial charge is 0.234 e. The van der Waals surface area contributed by atoms with Crippen molar-refractivity contribution in [2.45, 2.75) is 44.6 Å². The van der Waals surface area contributed by atoms with Crippen LogP contribution >= 0.6 is 0 Å². The Hall–Kier alpha value is -0.570. The molecule has 15 heavy (non-hydrogen) atoms. The largest absolute Gasteiger partial charge is 0.368 e. The van der Waals surface area contributed by atoms with Crippen LogP contribution in [0.1, 0.15) is 38.5 Å². The fourth-order valence-electron chi connectivity index (χ4n) is 4.86. The van der Waals surface area contributed by atoms with E-state index in [1.165, 1.54) is 19.3 Å². The van der Waals surface area contributed by atoms with Gasteiger partial charge in [-0.2, -0.15) is 0 Å². The summed E-state index contributed by atoms with van der Waals surface area (Å²) in [6.07, 6.45) is 7.61. The summed E-state index contributed by atoms with van der Waals surface area (Å²) in [5, 5.41) is 0. The maximum absolute atomic E-state index is 11.3. The van der Waals surface area contributed by atoms with Crippen LogP contribution in [-0.2, 0) is 4.79 Å². The van der Waals surface area contributed by atoms with Crippen molar-refractivity contribution in [2.75, 3.05) is 0 Å². The van der Waals surface area contributed by atoms with Crippen LogP contribution in [0.3, 0.4) is 0 Å². The van der Waals surface area contributed by atoms with Gasteiger partial charge in [-0.15, -0.1) is 0 Å². The Labute approximate surface area is 90.6 Å². The molecule has 0 spiro atoms. The van der Waals surface area contributed by atoms with Gasteiger partial charge in [-0.3, -0.25) is 4.79 Å². The Bertz CT molecular complexity index is 265. The van der Waals surface area contributed by atoms with Gasteiger partial charge in [-0.1, -0.05) is 0 Å². The van der Waals surface area contributed by atoms with Gasteiger partial charge in [0, 0.05) is 0 Å². The molecule has 3 heteroatoms. The quantitative estimate of drug-likeness (QED) is 0.711. The lowest BCUT2D eigenvalue weighted by molar-refractivity contribution is -0.129. The Balaban J connectivity index is 1.89. The summed E-state index contributed by atoms with van der Waals surface area (Å²) in [6, 6.07) is -0.397. The minimum absolute atomic E-state index is 0.0839. The molecule has 4 saturated carbocycles. The highest BCUT2D eigenvalue weighted by molar-refractivity contribution is 5.80. The van der Waals surface area contributed by atoms with Crippen LogP contribution < -0.4 is 11.5 Å². The summed E-state index contributed by atoms with van der Waals surface area (Å²) in [4.78, 5) is 11.3. The number of hydrogen-bond acceptors (Lipinski definition) is 2. The highest BCUT2D eigenvalue weighted by Gasteiger charge is 2.54. The molecule has 4 N–H and O–H groups in total. The minimum Gasteiger partial charge on any atom is -0.368 e. The standard InChI is InChI=1S/C12H20N2O/c13-10(11(14)15)12-4-7-1-8(5-12)3-9(2-7)6-12/h7-10H,1-6,13H2,(H2,14,15). The molecule has 3 nitrogen and oxygen atoms in total. The third-order valence-electron chi connectivity index (χ3n) is 5.05. The molecule has 4 rings (SSSR count). The second-order valence-corrected chi connectivity index (χ2v) is 6.16. The van der Waals surface area contributed by atoms with Crippen molar-refractivity contribution in [1.82, 2.24) is 0 Å². The Morgan fingerprint density at radius 1 is 1.07 bits per heavy atom. The molecule has 0 saturated heterocycles. The van der Waals surface area contributed by atoms with Gasteiger partial charge in [0.05, 0.1) is 6.04 Å². The van der Waals surface area contributed by atoms with E-state index in [0.29, 0.717) is 0 Å². The molecule has 0 aromatic rings. The number of amides is 1. The summed E-state index contributed by atoms with van der Waals surface area (Å²) < 4.78 is 0. The number of primary amides is 1. The van der Waals surface area contributed by atoms with Crippen molar-refractivity contribution in [2.24, 2.45) is 34.6 Å². The van der Waals surface area contributed by atoms with Crippen LogP contribution in [0.4, 0.5) is 0 Å². The minimum atomic E-state index is -0.397. The highest BCUT2D eigenvalue weighted by Crippen LogP contribution is 2.60. The van der Waals surface area contributed by atoms with Gasteiger partial charge in [0.2, 0.25) is 5.91 Å². The highest BCUT2D eigenvalue weighted by atomic mass is 16.1. The fourth-order valence-corrected chi connectivity index (χ4v) is 4.86. The first-order valence-electron chi connectivity index (χ1n) is 6.14. The van der Waals surface area contributed by atoms with Crippen LogP contribution in [0.25, 0.3) is 0 Å². The van der Waals surface area contributed by atoms with Crippen molar-refractivity contribution >= 4 is 5.91 Å². The van der Waals surface area contributed by atoms with E-state index < -0.39 is 6.04 Å². The molecule has 0 aromatic carbocycles.